The van der Waals surface area contributed by atoms with Crippen LogP contribution in [-0.2, 0) is 9.59 Å². The number of nitrogens with zero attached hydrogens (tertiary/aromatic N) is 3. The van der Waals surface area contributed by atoms with Crippen molar-refractivity contribution in [1.29, 1.82) is 0 Å². The summed E-state index contributed by atoms with van der Waals surface area (Å²) < 4.78 is 5.28. The van der Waals surface area contributed by atoms with Gasteiger partial charge in [-0.15, -0.1) is 0 Å². The lowest BCUT2D eigenvalue weighted by molar-refractivity contribution is -0.120. The number of anilines is 1. The number of para-hydroxylation sites is 3. The number of methoxy groups -OCH3 is 1. The van der Waals surface area contributed by atoms with E-state index in [-0.39, 0.29) is 23.5 Å². The van der Waals surface area contributed by atoms with Crippen LogP contribution in [-0.4, -0.2) is 46.6 Å². The number of amidine groups is 2. The third-order valence-electron chi connectivity index (χ3n) is 4.89. The van der Waals surface area contributed by atoms with Gasteiger partial charge in [0.25, 0.3) is 5.91 Å². The first kappa shape index (κ1) is 20.2. The number of nitrogens with one attached hydrogen (secondary N) is 1. The number of benzene rings is 2. The van der Waals surface area contributed by atoms with Crippen LogP contribution >= 0.6 is 11.8 Å². The van der Waals surface area contributed by atoms with Crippen LogP contribution in [0.15, 0.2) is 58.5 Å². The van der Waals surface area contributed by atoms with Crippen molar-refractivity contribution in [2.45, 2.75) is 19.9 Å². The Kier molecular flexibility index (Phi) is 5.59. The summed E-state index contributed by atoms with van der Waals surface area (Å²) in [6.07, 6.45) is 0. The minimum Gasteiger partial charge on any atom is -0.495 e. The summed E-state index contributed by atoms with van der Waals surface area (Å²) in [5.41, 5.74) is 2.19. The molecule has 0 aliphatic carbocycles. The molecule has 4 rings (SSSR count). The van der Waals surface area contributed by atoms with Crippen LogP contribution < -0.4 is 10.1 Å². The van der Waals surface area contributed by atoms with E-state index in [9.17, 15) is 9.59 Å². The van der Waals surface area contributed by atoms with Crippen molar-refractivity contribution in [3.63, 3.8) is 0 Å². The van der Waals surface area contributed by atoms with Gasteiger partial charge in [0, 0.05) is 5.56 Å². The first-order chi connectivity index (χ1) is 14.5. The van der Waals surface area contributed by atoms with E-state index in [1.165, 1.54) is 11.8 Å². The van der Waals surface area contributed by atoms with Crippen molar-refractivity contribution in [3.8, 4) is 5.75 Å². The number of thioether (sulfide) groups is 1. The maximum absolute atomic E-state index is 12.6. The molecule has 2 aliphatic heterocycles. The molecule has 1 atom stereocenters. The number of aliphatic imine (C=N–C) groups is 2. The Bertz CT molecular complexity index is 1060. The fraction of sp³-hybridized carbons (Fsp3) is 0.273. The number of hydrogen-bond acceptors (Lipinski definition) is 6. The second-order valence-corrected chi connectivity index (χ2v) is 8.22. The fourth-order valence-electron chi connectivity index (χ4n) is 3.53. The van der Waals surface area contributed by atoms with Crippen LogP contribution in [0.5, 0.6) is 5.75 Å². The van der Waals surface area contributed by atoms with Crippen LogP contribution in [0.25, 0.3) is 0 Å². The lowest BCUT2D eigenvalue weighted by atomic mass is 10.0. The van der Waals surface area contributed by atoms with Crippen molar-refractivity contribution < 1.29 is 14.3 Å². The number of carbonyl (C=O) groups excluding carboxylic acids is 2. The predicted octanol–water partition coefficient (Wildman–Crippen LogP) is 3.68. The summed E-state index contributed by atoms with van der Waals surface area (Å²) >= 11 is 1.29. The monoisotopic (exact) mass is 422 g/mol. The molecule has 0 fully saturated rings. The van der Waals surface area contributed by atoms with Crippen molar-refractivity contribution in [2.75, 3.05) is 18.2 Å². The largest absolute Gasteiger partial charge is 0.495 e. The zero-order chi connectivity index (χ0) is 21.3. The molecular formula is C22H22N4O3S. The molecule has 154 valence electrons. The summed E-state index contributed by atoms with van der Waals surface area (Å²) in [6.45, 7) is 3.97. The second kappa shape index (κ2) is 8.31. The summed E-state index contributed by atoms with van der Waals surface area (Å²) in [7, 11) is 1.56. The molecule has 8 heteroatoms. The van der Waals surface area contributed by atoms with E-state index in [2.05, 4.69) is 10.3 Å². The highest BCUT2D eigenvalue weighted by Gasteiger charge is 2.43. The van der Waals surface area contributed by atoms with Crippen LogP contribution in [0.2, 0.25) is 0 Å². The molecule has 2 aromatic carbocycles. The Morgan fingerprint density at radius 3 is 2.67 bits per heavy atom. The summed E-state index contributed by atoms with van der Waals surface area (Å²) in [5.74, 6) is 1.04. The molecule has 2 heterocycles. The zero-order valence-corrected chi connectivity index (χ0v) is 17.8. The van der Waals surface area contributed by atoms with Crippen molar-refractivity contribution in [2.24, 2.45) is 15.9 Å². The first-order valence-electron chi connectivity index (χ1n) is 9.65. The van der Waals surface area contributed by atoms with Gasteiger partial charge in [0.1, 0.15) is 17.6 Å². The average molecular weight is 423 g/mol. The molecule has 2 aromatic rings. The van der Waals surface area contributed by atoms with Gasteiger partial charge in [-0.25, -0.2) is 4.99 Å². The van der Waals surface area contributed by atoms with E-state index in [1.54, 1.807) is 19.2 Å². The Labute approximate surface area is 179 Å². The molecule has 2 aliphatic rings. The molecule has 0 spiro atoms. The normalized spacial score (nSPS) is 17.3. The number of amides is 2. The molecule has 0 saturated carbocycles. The zero-order valence-electron chi connectivity index (χ0n) is 17.0. The molecule has 2 amide bonds. The van der Waals surface area contributed by atoms with Gasteiger partial charge >= 0.3 is 0 Å². The number of ether oxygens (including phenoxy) is 1. The maximum Gasteiger partial charge on any atom is 0.271 e. The van der Waals surface area contributed by atoms with Crippen molar-refractivity contribution in [1.82, 2.24) is 4.90 Å². The third-order valence-corrected chi connectivity index (χ3v) is 5.84. The fourth-order valence-corrected chi connectivity index (χ4v) is 4.37. The first-order valence-corrected chi connectivity index (χ1v) is 10.6. The summed E-state index contributed by atoms with van der Waals surface area (Å²) in [5, 5.41) is 3.47. The molecule has 0 aromatic heterocycles. The van der Waals surface area contributed by atoms with Gasteiger partial charge in [-0.2, -0.15) is 4.99 Å². The Hall–Kier alpha value is -3.13. The highest BCUT2D eigenvalue weighted by atomic mass is 32.2. The van der Waals surface area contributed by atoms with Gasteiger partial charge in [-0.05, 0) is 30.2 Å². The van der Waals surface area contributed by atoms with Gasteiger partial charge in [0.15, 0.2) is 5.17 Å². The maximum atomic E-state index is 12.6. The molecule has 7 nitrogen and oxygen atoms in total. The van der Waals surface area contributed by atoms with E-state index < -0.39 is 6.04 Å². The Morgan fingerprint density at radius 2 is 1.90 bits per heavy atom. The SMILES string of the molecule is COc1ccccc1NC(=O)CSC1=Nc2ccccc2C2=NC(=O)C(C(C)C)N12. The second-order valence-electron chi connectivity index (χ2n) is 7.28. The standard InChI is InChI=1S/C22H22N4O3S/c1-13(2)19-21(28)25-20-14-8-4-5-9-15(14)24-22(26(19)20)30-12-18(27)23-16-10-6-7-11-17(16)29-3/h4-11,13,19H,12H2,1-3H3,(H,23,27). The third kappa shape index (κ3) is 3.70. The molecule has 1 N–H and O–H groups in total. The predicted molar refractivity (Wildman–Crippen MR) is 120 cm³/mol. The van der Waals surface area contributed by atoms with Crippen LogP contribution in [0.4, 0.5) is 11.4 Å². The van der Waals surface area contributed by atoms with E-state index in [1.807, 2.05) is 55.1 Å². The minimum atomic E-state index is -0.420. The molecular weight excluding hydrogens is 400 g/mol. The number of fused-ring (bicyclic) bond motifs is 3. The molecule has 0 bridgehead atoms. The number of carbonyl (C=O) groups is 2. The lowest BCUT2D eigenvalue weighted by Gasteiger charge is -2.32. The highest BCUT2D eigenvalue weighted by Crippen LogP contribution is 2.36. The van der Waals surface area contributed by atoms with Gasteiger partial charge in [-0.1, -0.05) is 49.9 Å². The van der Waals surface area contributed by atoms with Crippen LogP contribution in [0.1, 0.15) is 19.4 Å². The Morgan fingerprint density at radius 1 is 1.17 bits per heavy atom. The highest BCUT2D eigenvalue weighted by molar-refractivity contribution is 8.14. The quantitative estimate of drug-likeness (QED) is 0.795. The summed E-state index contributed by atoms with van der Waals surface area (Å²) in [6, 6.07) is 14.4. The van der Waals surface area contributed by atoms with E-state index in [4.69, 9.17) is 9.73 Å². The van der Waals surface area contributed by atoms with E-state index in [0.717, 1.165) is 11.3 Å². The lowest BCUT2D eigenvalue weighted by Crippen LogP contribution is -2.46. The number of rotatable bonds is 5. The minimum absolute atomic E-state index is 0.0530. The van der Waals surface area contributed by atoms with E-state index in [0.29, 0.717) is 22.4 Å². The molecule has 1 unspecified atom stereocenters. The van der Waals surface area contributed by atoms with Gasteiger partial charge in [-0.3, -0.25) is 14.5 Å². The molecule has 30 heavy (non-hydrogen) atoms. The summed E-state index contributed by atoms with van der Waals surface area (Å²) in [4.78, 5) is 36.1. The van der Waals surface area contributed by atoms with Crippen LogP contribution in [0.3, 0.4) is 0 Å². The van der Waals surface area contributed by atoms with E-state index >= 15 is 0 Å². The average Bonchev–Trinajstić information content (AvgIpc) is 3.10. The van der Waals surface area contributed by atoms with Crippen molar-refractivity contribution >= 4 is 46.0 Å². The van der Waals surface area contributed by atoms with Gasteiger partial charge < -0.3 is 10.1 Å². The molecule has 0 saturated heterocycles. The smallest absolute Gasteiger partial charge is 0.271 e. The van der Waals surface area contributed by atoms with Crippen LogP contribution in [0, 0.1) is 5.92 Å². The topological polar surface area (TPSA) is 83.4 Å². The van der Waals surface area contributed by atoms with Crippen molar-refractivity contribution in [3.05, 3.63) is 54.1 Å². The van der Waals surface area contributed by atoms with Gasteiger partial charge in [0.2, 0.25) is 5.91 Å². The number of hydrogen-bond donors (Lipinski definition) is 1. The molecule has 0 radical (unpaired) electrons. The van der Waals surface area contributed by atoms with Gasteiger partial charge in [0.05, 0.1) is 24.2 Å². The Balaban J connectivity index is 1.57.